The first-order valence-corrected chi connectivity index (χ1v) is 9.63. The highest BCUT2D eigenvalue weighted by molar-refractivity contribution is 5.59. The highest BCUT2D eigenvalue weighted by Gasteiger charge is 2.22. The molecule has 4 rings (SSSR count). The van der Waals surface area contributed by atoms with Crippen LogP contribution in [0, 0.1) is 5.92 Å². The van der Waals surface area contributed by atoms with Gasteiger partial charge in [-0.2, -0.15) is 0 Å². The minimum atomic E-state index is -0.221. The van der Waals surface area contributed by atoms with E-state index in [-0.39, 0.29) is 5.56 Å². The van der Waals surface area contributed by atoms with E-state index in [9.17, 15) is 4.79 Å². The molecule has 0 radical (unpaired) electrons. The van der Waals surface area contributed by atoms with Crippen LogP contribution < -0.4 is 15.2 Å². The number of aromatic amines is 1. The predicted octanol–water partition coefficient (Wildman–Crippen LogP) is 3.30. The number of nitrogens with one attached hydrogen (secondary N) is 1. The second kappa shape index (κ2) is 8.25. The molecule has 2 aromatic carbocycles. The molecule has 0 aliphatic carbocycles. The SMILES string of the molecule is COc1ccc(-c2nnc(N3CCC(Cc4ccccc4)CC3)[nH]c2=O)cc1. The number of benzene rings is 2. The lowest BCUT2D eigenvalue weighted by atomic mass is 9.90. The minimum absolute atomic E-state index is 0.221. The van der Waals surface area contributed by atoms with Gasteiger partial charge >= 0.3 is 0 Å². The maximum absolute atomic E-state index is 12.5. The number of ether oxygens (including phenoxy) is 1. The van der Waals surface area contributed by atoms with Gasteiger partial charge < -0.3 is 9.64 Å². The van der Waals surface area contributed by atoms with Crippen molar-refractivity contribution in [2.45, 2.75) is 19.3 Å². The Labute approximate surface area is 164 Å². The largest absolute Gasteiger partial charge is 0.497 e. The van der Waals surface area contributed by atoms with E-state index in [0.717, 1.165) is 43.7 Å². The normalized spacial score (nSPS) is 14.8. The molecule has 144 valence electrons. The van der Waals surface area contributed by atoms with E-state index in [1.807, 2.05) is 24.3 Å². The van der Waals surface area contributed by atoms with Crippen LogP contribution in [0.25, 0.3) is 11.3 Å². The fourth-order valence-electron chi connectivity index (χ4n) is 3.70. The number of anilines is 1. The lowest BCUT2D eigenvalue weighted by Gasteiger charge is -2.32. The summed E-state index contributed by atoms with van der Waals surface area (Å²) in [5, 5.41) is 8.47. The van der Waals surface area contributed by atoms with Crippen LogP contribution in [0.1, 0.15) is 18.4 Å². The topological polar surface area (TPSA) is 71.1 Å². The molecule has 0 unspecified atom stereocenters. The van der Waals surface area contributed by atoms with Gasteiger partial charge in [-0.15, -0.1) is 10.2 Å². The number of piperidine rings is 1. The zero-order valence-corrected chi connectivity index (χ0v) is 16.0. The zero-order chi connectivity index (χ0) is 19.3. The van der Waals surface area contributed by atoms with Gasteiger partial charge in [-0.3, -0.25) is 9.78 Å². The second-order valence-corrected chi connectivity index (χ2v) is 7.17. The van der Waals surface area contributed by atoms with E-state index >= 15 is 0 Å². The van der Waals surface area contributed by atoms with E-state index in [2.05, 4.69) is 50.4 Å². The van der Waals surface area contributed by atoms with Gasteiger partial charge in [0.25, 0.3) is 5.56 Å². The smallest absolute Gasteiger partial charge is 0.279 e. The van der Waals surface area contributed by atoms with Gasteiger partial charge in [0.15, 0.2) is 5.69 Å². The van der Waals surface area contributed by atoms with Crippen LogP contribution in [-0.2, 0) is 6.42 Å². The van der Waals surface area contributed by atoms with E-state index in [1.54, 1.807) is 7.11 Å². The lowest BCUT2D eigenvalue weighted by Crippen LogP contribution is -2.36. The summed E-state index contributed by atoms with van der Waals surface area (Å²) in [6.45, 7) is 1.76. The van der Waals surface area contributed by atoms with Gasteiger partial charge in [0, 0.05) is 18.7 Å². The molecule has 6 nitrogen and oxygen atoms in total. The van der Waals surface area contributed by atoms with Crippen LogP contribution in [0.5, 0.6) is 5.75 Å². The van der Waals surface area contributed by atoms with Crippen LogP contribution in [0.2, 0.25) is 0 Å². The molecular formula is C22H24N4O2. The van der Waals surface area contributed by atoms with Gasteiger partial charge in [-0.05, 0) is 55.0 Å². The number of aromatic nitrogens is 3. The molecule has 1 aliphatic heterocycles. The summed E-state index contributed by atoms with van der Waals surface area (Å²) in [5.41, 5.74) is 2.22. The first-order chi connectivity index (χ1) is 13.7. The summed E-state index contributed by atoms with van der Waals surface area (Å²) in [7, 11) is 1.61. The molecule has 1 N–H and O–H groups in total. The zero-order valence-electron chi connectivity index (χ0n) is 16.0. The van der Waals surface area contributed by atoms with Crippen molar-refractivity contribution in [1.29, 1.82) is 0 Å². The van der Waals surface area contributed by atoms with E-state index < -0.39 is 0 Å². The Morgan fingerprint density at radius 3 is 2.39 bits per heavy atom. The molecule has 1 aliphatic rings. The van der Waals surface area contributed by atoms with Crippen molar-refractivity contribution in [3.05, 3.63) is 70.5 Å². The third-order valence-corrected chi connectivity index (χ3v) is 5.33. The molecule has 0 amide bonds. The first-order valence-electron chi connectivity index (χ1n) is 9.63. The molecule has 3 aromatic rings. The molecule has 0 bridgehead atoms. The van der Waals surface area contributed by atoms with Crippen LogP contribution in [0.4, 0.5) is 5.95 Å². The average Bonchev–Trinajstić information content (AvgIpc) is 2.75. The fraction of sp³-hybridized carbons (Fsp3) is 0.318. The van der Waals surface area contributed by atoms with Crippen molar-refractivity contribution in [1.82, 2.24) is 15.2 Å². The Kier molecular flexibility index (Phi) is 5.37. The Morgan fingerprint density at radius 2 is 1.75 bits per heavy atom. The number of rotatable bonds is 5. The van der Waals surface area contributed by atoms with Crippen LogP contribution in [0.3, 0.4) is 0 Å². The molecule has 6 heteroatoms. The number of methoxy groups -OCH3 is 1. The van der Waals surface area contributed by atoms with Gasteiger partial charge in [-0.25, -0.2) is 0 Å². The number of hydrogen-bond donors (Lipinski definition) is 1. The lowest BCUT2D eigenvalue weighted by molar-refractivity contribution is 0.400. The minimum Gasteiger partial charge on any atom is -0.497 e. The maximum atomic E-state index is 12.5. The quantitative estimate of drug-likeness (QED) is 0.740. The van der Waals surface area contributed by atoms with E-state index in [0.29, 0.717) is 17.6 Å². The van der Waals surface area contributed by atoms with Gasteiger partial charge in [0.05, 0.1) is 7.11 Å². The molecule has 0 spiro atoms. The number of H-pyrrole nitrogens is 1. The standard InChI is InChI=1S/C22H24N4O2/c1-28-19-9-7-18(8-10-19)20-21(27)23-22(25-24-20)26-13-11-17(12-14-26)15-16-5-3-2-4-6-16/h2-10,17H,11-15H2,1H3,(H,23,25,27). The third kappa shape index (κ3) is 4.06. The van der Waals surface area contributed by atoms with Crippen LogP contribution >= 0.6 is 0 Å². The highest BCUT2D eigenvalue weighted by atomic mass is 16.5. The van der Waals surface area contributed by atoms with Crippen molar-refractivity contribution < 1.29 is 4.74 Å². The molecule has 1 fully saturated rings. The van der Waals surface area contributed by atoms with Crippen molar-refractivity contribution in [3.63, 3.8) is 0 Å². The summed E-state index contributed by atoms with van der Waals surface area (Å²) < 4.78 is 5.15. The van der Waals surface area contributed by atoms with Crippen molar-refractivity contribution >= 4 is 5.95 Å². The van der Waals surface area contributed by atoms with Crippen molar-refractivity contribution in [2.75, 3.05) is 25.1 Å². The van der Waals surface area contributed by atoms with Crippen LogP contribution in [0.15, 0.2) is 59.4 Å². The summed E-state index contributed by atoms with van der Waals surface area (Å²) in [5.74, 6) is 1.96. The Morgan fingerprint density at radius 1 is 1.04 bits per heavy atom. The van der Waals surface area contributed by atoms with Gasteiger partial charge in [0.2, 0.25) is 5.95 Å². The molecule has 1 aromatic heterocycles. The molecule has 2 heterocycles. The number of hydrogen-bond acceptors (Lipinski definition) is 5. The molecule has 28 heavy (non-hydrogen) atoms. The van der Waals surface area contributed by atoms with Crippen LogP contribution in [-0.4, -0.2) is 35.4 Å². The second-order valence-electron chi connectivity index (χ2n) is 7.17. The summed E-state index contributed by atoms with van der Waals surface area (Å²) in [4.78, 5) is 17.5. The summed E-state index contributed by atoms with van der Waals surface area (Å²) in [6.07, 6.45) is 3.27. The number of nitrogens with zero attached hydrogens (tertiary/aromatic N) is 3. The van der Waals surface area contributed by atoms with E-state index in [1.165, 1.54) is 5.56 Å². The Hall–Kier alpha value is -3.15. The van der Waals surface area contributed by atoms with Crippen molar-refractivity contribution in [3.8, 4) is 17.0 Å². The van der Waals surface area contributed by atoms with Crippen molar-refractivity contribution in [2.24, 2.45) is 5.92 Å². The molecule has 0 atom stereocenters. The average molecular weight is 376 g/mol. The molecule has 1 saturated heterocycles. The first kappa shape index (κ1) is 18.2. The fourth-order valence-corrected chi connectivity index (χ4v) is 3.70. The third-order valence-electron chi connectivity index (χ3n) is 5.33. The highest BCUT2D eigenvalue weighted by Crippen LogP contribution is 2.24. The summed E-state index contributed by atoms with van der Waals surface area (Å²) in [6, 6.07) is 17.9. The van der Waals surface area contributed by atoms with Gasteiger partial charge in [-0.1, -0.05) is 30.3 Å². The Balaban J connectivity index is 1.41. The predicted molar refractivity (Wildman–Crippen MR) is 110 cm³/mol. The summed E-state index contributed by atoms with van der Waals surface area (Å²) >= 11 is 0. The molecular weight excluding hydrogens is 352 g/mol. The molecule has 0 saturated carbocycles. The van der Waals surface area contributed by atoms with E-state index in [4.69, 9.17) is 4.74 Å². The monoisotopic (exact) mass is 376 g/mol. The van der Waals surface area contributed by atoms with Gasteiger partial charge in [0.1, 0.15) is 5.75 Å². The Bertz CT molecular complexity index is 962. The maximum Gasteiger partial charge on any atom is 0.279 e.